The number of ether oxygens (including phenoxy) is 4. The van der Waals surface area contributed by atoms with Crippen LogP contribution in [-0.2, 0) is 0 Å². The van der Waals surface area contributed by atoms with E-state index in [9.17, 15) is 0 Å². The molecule has 0 bridgehead atoms. The first-order valence-corrected chi connectivity index (χ1v) is 7.17. The summed E-state index contributed by atoms with van der Waals surface area (Å²) in [7, 11) is 4.67. The van der Waals surface area contributed by atoms with Crippen molar-refractivity contribution in [2.24, 2.45) is 0 Å². The van der Waals surface area contributed by atoms with Crippen LogP contribution in [0.4, 0.5) is 0 Å². The van der Waals surface area contributed by atoms with E-state index < -0.39 is 0 Å². The second-order valence-electron chi connectivity index (χ2n) is 4.78. The maximum atomic E-state index is 5.53. The molecule has 0 aliphatic carbocycles. The fraction of sp³-hybridized carbons (Fsp3) is 0.211. The highest BCUT2D eigenvalue weighted by Gasteiger charge is 2.12. The molecular weight excluding hydrogens is 306 g/mol. The van der Waals surface area contributed by atoms with Crippen molar-refractivity contribution in [3.8, 4) is 35.6 Å². The predicted octanol–water partition coefficient (Wildman–Crippen LogP) is 3.18. The summed E-state index contributed by atoms with van der Waals surface area (Å²) < 4.78 is 21.2. The molecule has 0 fully saturated rings. The summed E-state index contributed by atoms with van der Waals surface area (Å²) in [5.74, 6) is 4.49. The summed E-state index contributed by atoms with van der Waals surface area (Å²) in [6.45, 7) is 4.30. The van der Waals surface area contributed by atoms with E-state index in [-0.39, 0.29) is 6.61 Å². The van der Waals surface area contributed by atoms with Crippen LogP contribution < -0.4 is 18.9 Å². The van der Waals surface area contributed by atoms with Crippen molar-refractivity contribution < 1.29 is 18.9 Å². The van der Waals surface area contributed by atoms with Crippen molar-refractivity contribution in [1.29, 1.82) is 0 Å². The van der Waals surface area contributed by atoms with Crippen molar-refractivity contribution >= 4 is 5.57 Å². The van der Waals surface area contributed by atoms with Crippen LogP contribution in [0.2, 0.25) is 0 Å². The summed E-state index contributed by atoms with van der Waals surface area (Å²) >= 11 is 0. The highest BCUT2D eigenvalue weighted by Crippen LogP contribution is 2.33. The lowest BCUT2D eigenvalue weighted by molar-refractivity contribution is 0.331. The van der Waals surface area contributed by atoms with Gasteiger partial charge in [0.2, 0.25) is 11.8 Å². The topological polar surface area (TPSA) is 49.8 Å². The molecule has 24 heavy (non-hydrogen) atoms. The second kappa shape index (κ2) is 7.93. The van der Waals surface area contributed by atoms with Gasteiger partial charge in [-0.05, 0) is 28.8 Å². The van der Waals surface area contributed by atoms with Crippen LogP contribution in [0, 0.1) is 12.3 Å². The molecule has 0 aliphatic heterocycles. The van der Waals surface area contributed by atoms with Crippen molar-refractivity contribution in [1.82, 2.24) is 4.98 Å². The zero-order valence-electron chi connectivity index (χ0n) is 14.0. The Morgan fingerprint density at radius 2 is 1.67 bits per heavy atom. The molecule has 0 atom stereocenters. The van der Waals surface area contributed by atoms with Gasteiger partial charge in [-0.25, -0.2) is 0 Å². The summed E-state index contributed by atoms with van der Waals surface area (Å²) in [4.78, 5) is 4.18. The molecule has 5 nitrogen and oxygen atoms in total. The monoisotopic (exact) mass is 325 g/mol. The molecule has 2 aromatic rings. The predicted molar refractivity (Wildman–Crippen MR) is 92.8 cm³/mol. The number of nitrogens with zero attached hydrogens (tertiary/aromatic N) is 1. The van der Waals surface area contributed by atoms with Crippen molar-refractivity contribution in [3.05, 3.63) is 48.0 Å². The number of pyridine rings is 1. The molecule has 0 saturated heterocycles. The molecule has 1 aromatic heterocycles. The Hall–Kier alpha value is -3.13. The first-order chi connectivity index (χ1) is 11.6. The van der Waals surface area contributed by atoms with E-state index in [4.69, 9.17) is 25.4 Å². The molecule has 0 radical (unpaired) electrons. The molecule has 0 unspecified atom stereocenters. The first-order valence-electron chi connectivity index (χ1n) is 7.17. The van der Waals surface area contributed by atoms with Crippen molar-refractivity contribution in [2.45, 2.75) is 0 Å². The Morgan fingerprint density at radius 1 is 1.00 bits per heavy atom. The molecular formula is C19H19NO4. The highest BCUT2D eigenvalue weighted by atomic mass is 16.5. The van der Waals surface area contributed by atoms with Crippen LogP contribution in [0.3, 0.4) is 0 Å². The smallest absolute Gasteiger partial charge is 0.216 e. The first kappa shape index (κ1) is 17.2. The van der Waals surface area contributed by atoms with Crippen LogP contribution in [0.1, 0.15) is 11.1 Å². The zero-order valence-corrected chi connectivity index (χ0v) is 14.0. The number of benzene rings is 1. The lowest BCUT2D eigenvalue weighted by Crippen LogP contribution is -1.99. The van der Waals surface area contributed by atoms with Crippen molar-refractivity contribution in [2.75, 3.05) is 27.9 Å². The van der Waals surface area contributed by atoms with E-state index in [1.165, 1.54) is 0 Å². The quantitative estimate of drug-likeness (QED) is 0.732. The average molecular weight is 325 g/mol. The molecule has 0 N–H and O–H groups in total. The lowest BCUT2D eigenvalue weighted by atomic mass is 10.00. The van der Waals surface area contributed by atoms with Gasteiger partial charge in [0.05, 0.1) is 21.3 Å². The maximum Gasteiger partial charge on any atom is 0.216 e. The Morgan fingerprint density at radius 3 is 2.21 bits per heavy atom. The van der Waals surface area contributed by atoms with Crippen LogP contribution >= 0.6 is 0 Å². The van der Waals surface area contributed by atoms with E-state index in [0.29, 0.717) is 23.3 Å². The van der Waals surface area contributed by atoms with Gasteiger partial charge in [0.25, 0.3) is 0 Å². The number of aromatic nitrogens is 1. The minimum absolute atomic E-state index is 0.156. The van der Waals surface area contributed by atoms with E-state index >= 15 is 0 Å². The average Bonchev–Trinajstić information content (AvgIpc) is 2.64. The molecule has 0 spiro atoms. The summed E-state index contributed by atoms with van der Waals surface area (Å²) in [6.07, 6.45) is 5.25. The number of methoxy groups -OCH3 is 3. The van der Waals surface area contributed by atoms with Crippen LogP contribution in [-0.4, -0.2) is 32.9 Å². The molecule has 2 rings (SSSR count). The van der Waals surface area contributed by atoms with Gasteiger partial charge in [-0.1, -0.05) is 18.6 Å². The SMILES string of the molecule is C#CCOc1cc(C(=C)c2cc(OC)nc(OC)c2)ccc1OC. The molecule has 0 aliphatic rings. The standard InChI is InChI=1S/C19H19NO4/c1-6-9-24-17-10-14(7-8-16(17)21-3)13(2)15-11-18(22-4)20-19(12-15)23-5/h1,7-8,10-12H,2,9H2,3-5H3. The highest BCUT2D eigenvalue weighted by molar-refractivity contribution is 5.80. The third-order valence-corrected chi connectivity index (χ3v) is 3.37. The van der Waals surface area contributed by atoms with E-state index in [2.05, 4.69) is 17.5 Å². The molecule has 1 heterocycles. The Labute approximate surface area is 141 Å². The molecule has 1 aromatic carbocycles. The Bertz CT molecular complexity index is 755. The van der Waals surface area contributed by atoms with Gasteiger partial charge in [-0.3, -0.25) is 0 Å². The van der Waals surface area contributed by atoms with E-state index in [0.717, 1.165) is 16.7 Å². The summed E-state index contributed by atoms with van der Waals surface area (Å²) in [5.41, 5.74) is 2.45. The Kier molecular flexibility index (Phi) is 5.69. The van der Waals surface area contributed by atoms with Gasteiger partial charge in [0, 0.05) is 12.1 Å². The zero-order chi connectivity index (χ0) is 17.5. The number of hydrogen-bond donors (Lipinski definition) is 0. The fourth-order valence-electron chi connectivity index (χ4n) is 2.13. The van der Waals surface area contributed by atoms with E-state index in [1.54, 1.807) is 33.5 Å². The number of rotatable bonds is 7. The van der Waals surface area contributed by atoms with Crippen LogP contribution in [0.25, 0.3) is 5.57 Å². The third-order valence-electron chi connectivity index (χ3n) is 3.37. The maximum absolute atomic E-state index is 5.53. The van der Waals surface area contributed by atoms with Gasteiger partial charge < -0.3 is 18.9 Å². The van der Waals surface area contributed by atoms with Gasteiger partial charge in [0.1, 0.15) is 6.61 Å². The summed E-state index contributed by atoms with van der Waals surface area (Å²) in [5, 5.41) is 0. The van der Waals surface area contributed by atoms with Crippen LogP contribution in [0.15, 0.2) is 36.9 Å². The lowest BCUT2D eigenvalue weighted by Gasteiger charge is -2.13. The number of terminal acetylenes is 1. The minimum atomic E-state index is 0.156. The van der Waals surface area contributed by atoms with Gasteiger partial charge in [-0.15, -0.1) is 6.42 Å². The van der Waals surface area contributed by atoms with Gasteiger partial charge in [0.15, 0.2) is 11.5 Å². The van der Waals surface area contributed by atoms with Crippen LogP contribution in [0.5, 0.6) is 23.3 Å². The van der Waals surface area contributed by atoms with Gasteiger partial charge in [-0.2, -0.15) is 4.98 Å². The molecule has 0 amide bonds. The molecule has 0 saturated carbocycles. The molecule has 124 valence electrons. The second-order valence-corrected chi connectivity index (χ2v) is 4.78. The Balaban J connectivity index is 2.41. The number of hydrogen-bond acceptors (Lipinski definition) is 5. The minimum Gasteiger partial charge on any atom is -0.493 e. The van der Waals surface area contributed by atoms with E-state index in [1.807, 2.05) is 18.2 Å². The largest absolute Gasteiger partial charge is 0.493 e. The van der Waals surface area contributed by atoms with Gasteiger partial charge >= 0.3 is 0 Å². The molecule has 5 heteroatoms. The normalized spacial score (nSPS) is 9.75. The fourth-order valence-corrected chi connectivity index (χ4v) is 2.13. The summed E-state index contributed by atoms with van der Waals surface area (Å²) in [6, 6.07) is 9.11. The van der Waals surface area contributed by atoms with Crippen molar-refractivity contribution in [3.63, 3.8) is 0 Å². The third kappa shape index (κ3) is 3.79.